The number of rotatable bonds is 8. The normalized spacial score (nSPS) is 12.4. The van der Waals surface area contributed by atoms with Crippen molar-refractivity contribution in [1.82, 2.24) is 10.2 Å². The number of nitrogens with one attached hydrogen (secondary N) is 1. The van der Waals surface area contributed by atoms with Crippen molar-refractivity contribution in [2.24, 2.45) is 0 Å². The van der Waals surface area contributed by atoms with Gasteiger partial charge in [-0.05, 0) is 24.6 Å². The molecule has 164 valence electrons. The molecule has 1 atom stereocenters. The zero-order valence-electron chi connectivity index (χ0n) is 16.5. The van der Waals surface area contributed by atoms with Crippen LogP contribution < -0.4 is 9.62 Å². The predicted molar refractivity (Wildman–Crippen MR) is 118 cm³/mol. The van der Waals surface area contributed by atoms with Gasteiger partial charge in [-0.25, -0.2) is 17.2 Å². The maximum atomic E-state index is 13.6. The quantitative estimate of drug-likeness (QED) is 0.385. The highest BCUT2D eigenvalue weighted by Crippen LogP contribution is 2.29. The lowest BCUT2D eigenvalue weighted by Gasteiger charge is -2.27. The summed E-state index contributed by atoms with van der Waals surface area (Å²) < 4.78 is 52.7. The van der Waals surface area contributed by atoms with Crippen LogP contribution in [-0.2, 0) is 20.6 Å². The summed E-state index contributed by atoms with van der Waals surface area (Å²) in [5, 5.41) is 10.6. The highest BCUT2D eigenvalue weighted by molar-refractivity contribution is 8.00. The smallest absolute Gasteiger partial charge is 0.249 e. The van der Waals surface area contributed by atoms with Crippen molar-refractivity contribution >= 4 is 49.8 Å². The average Bonchev–Trinajstić information content (AvgIpc) is 3.16. The van der Waals surface area contributed by atoms with Gasteiger partial charge in [0.2, 0.25) is 21.1 Å². The Labute approximate surface area is 186 Å². The van der Waals surface area contributed by atoms with E-state index in [9.17, 15) is 22.0 Å². The van der Waals surface area contributed by atoms with Crippen LogP contribution >= 0.6 is 23.1 Å². The average molecular weight is 485 g/mol. The number of amides is 1. The number of halogens is 2. The van der Waals surface area contributed by atoms with Gasteiger partial charge in [0.05, 0.1) is 11.9 Å². The first-order chi connectivity index (χ1) is 14.6. The van der Waals surface area contributed by atoms with E-state index < -0.39 is 33.6 Å². The second kappa shape index (κ2) is 9.71. The lowest BCUT2D eigenvalue weighted by Crippen LogP contribution is -2.45. The first-order valence-electron chi connectivity index (χ1n) is 8.90. The maximum absolute atomic E-state index is 13.6. The van der Waals surface area contributed by atoms with E-state index in [2.05, 4.69) is 15.5 Å². The zero-order valence-corrected chi connectivity index (χ0v) is 18.9. The zero-order chi connectivity index (χ0) is 22.6. The van der Waals surface area contributed by atoms with E-state index in [0.29, 0.717) is 10.1 Å². The molecule has 0 aliphatic heterocycles. The molecule has 0 bridgehead atoms. The Morgan fingerprint density at radius 3 is 2.52 bits per heavy atom. The SMILES string of the molecule is C[C@@H](C(=O)Nc1nnc(SCc2ccccc2)s1)N(c1ccc(F)c(F)c1)S(C)(=O)=O. The van der Waals surface area contributed by atoms with E-state index in [4.69, 9.17) is 0 Å². The Balaban J connectivity index is 1.71. The molecular weight excluding hydrogens is 466 g/mol. The highest BCUT2D eigenvalue weighted by atomic mass is 32.2. The van der Waals surface area contributed by atoms with Crippen LogP contribution in [0.2, 0.25) is 0 Å². The minimum atomic E-state index is -3.97. The van der Waals surface area contributed by atoms with Gasteiger partial charge < -0.3 is 0 Å². The van der Waals surface area contributed by atoms with Crippen molar-refractivity contribution < 1.29 is 22.0 Å². The molecule has 0 aliphatic rings. The van der Waals surface area contributed by atoms with Crippen LogP contribution in [0.25, 0.3) is 0 Å². The van der Waals surface area contributed by atoms with Crippen LogP contribution in [0.5, 0.6) is 0 Å². The van der Waals surface area contributed by atoms with Gasteiger partial charge in [0.25, 0.3) is 0 Å². The molecule has 0 unspecified atom stereocenters. The predicted octanol–water partition coefficient (Wildman–Crippen LogP) is 3.90. The molecule has 0 radical (unpaired) electrons. The summed E-state index contributed by atoms with van der Waals surface area (Å²) in [6, 6.07) is 11.1. The number of benzene rings is 2. The Bertz CT molecular complexity index is 1170. The molecule has 1 aromatic heterocycles. The first kappa shape index (κ1) is 23.1. The number of nitrogens with zero attached hydrogens (tertiary/aromatic N) is 3. The van der Waals surface area contributed by atoms with Gasteiger partial charge in [0.15, 0.2) is 16.0 Å². The van der Waals surface area contributed by atoms with Crippen LogP contribution in [-0.4, -0.2) is 36.8 Å². The minimum absolute atomic E-state index is 0.166. The Kier molecular flexibility index (Phi) is 7.23. The molecule has 3 rings (SSSR count). The van der Waals surface area contributed by atoms with Gasteiger partial charge in [-0.15, -0.1) is 10.2 Å². The number of carbonyl (C=O) groups is 1. The van der Waals surface area contributed by atoms with Crippen molar-refractivity contribution in [2.45, 2.75) is 23.1 Å². The molecule has 2 aromatic carbocycles. The number of aromatic nitrogens is 2. The van der Waals surface area contributed by atoms with E-state index in [1.807, 2.05) is 30.3 Å². The monoisotopic (exact) mass is 484 g/mol. The van der Waals surface area contributed by atoms with E-state index in [-0.39, 0.29) is 10.8 Å². The highest BCUT2D eigenvalue weighted by Gasteiger charge is 2.30. The third-order valence-electron chi connectivity index (χ3n) is 4.09. The lowest BCUT2D eigenvalue weighted by atomic mass is 10.2. The van der Waals surface area contributed by atoms with Gasteiger partial charge in [0.1, 0.15) is 6.04 Å². The van der Waals surface area contributed by atoms with Crippen molar-refractivity contribution in [3.8, 4) is 0 Å². The molecule has 1 heterocycles. The van der Waals surface area contributed by atoms with Crippen molar-refractivity contribution in [3.63, 3.8) is 0 Å². The Morgan fingerprint density at radius 1 is 1.16 bits per heavy atom. The number of hydrogen-bond acceptors (Lipinski definition) is 7. The second-order valence-corrected chi connectivity index (χ2v) is 10.5. The van der Waals surface area contributed by atoms with Crippen LogP contribution in [0.1, 0.15) is 12.5 Å². The first-order valence-corrected chi connectivity index (χ1v) is 12.6. The van der Waals surface area contributed by atoms with E-state index in [0.717, 1.165) is 45.7 Å². The largest absolute Gasteiger partial charge is 0.299 e. The summed E-state index contributed by atoms with van der Waals surface area (Å²) in [5.74, 6) is -2.35. The maximum Gasteiger partial charge on any atom is 0.249 e. The summed E-state index contributed by atoms with van der Waals surface area (Å²) in [6.45, 7) is 1.34. The topological polar surface area (TPSA) is 92.3 Å². The molecule has 0 fully saturated rings. The molecule has 12 heteroatoms. The van der Waals surface area contributed by atoms with Gasteiger partial charge in [-0.2, -0.15) is 0 Å². The van der Waals surface area contributed by atoms with Gasteiger partial charge >= 0.3 is 0 Å². The Hall–Kier alpha value is -2.57. The molecule has 1 amide bonds. The molecule has 31 heavy (non-hydrogen) atoms. The molecule has 0 saturated carbocycles. The number of anilines is 2. The van der Waals surface area contributed by atoms with E-state index in [1.165, 1.54) is 18.7 Å². The fourth-order valence-corrected chi connectivity index (χ4v) is 5.56. The van der Waals surface area contributed by atoms with Gasteiger partial charge in [0, 0.05) is 11.8 Å². The number of sulfonamides is 1. The molecule has 3 aromatic rings. The Morgan fingerprint density at radius 2 is 1.87 bits per heavy atom. The van der Waals surface area contributed by atoms with Crippen LogP contribution in [0.3, 0.4) is 0 Å². The molecule has 0 aliphatic carbocycles. The summed E-state index contributed by atoms with van der Waals surface area (Å²) in [6.07, 6.45) is 0.876. The third kappa shape index (κ3) is 5.99. The van der Waals surface area contributed by atoms with Crippen LogP contribution in [0, 0.1) is 11.6 Å². The molecule has 0 spiro atoms. The van der Waals surface area contributed by atoms with Crippen molar-refractivity contribution in [1.29, 1.82) is 0 Å². The minimum Gasteiger partial charge on any atom is -0.299 e. The van der Waals surface area contributed by atoms with E-state index >= 15 is 0 Å². The van der Waals surface area contributed by atoms with E-state index in [1.54, 1.807) is 0 Å². The number of hydrogen-bond donors (Lipinski definition) is 1. The van der Waals surface area contributed by atoms with Crippen LogP contribution in [0.4, 0.5) is 19.6 Å². The fraction of sp³-hybridized carbons (Fsp3) is 0.211. The lowest BCUT2D eigenvalue weighted by molar-refractivity contribution is -0.116. The van der Waals surface area contributed by atoms with Gasteiger partial charge in [-0.1, -0.05) is 53.4 Å². The molecule has 1 N–H and O–H groups in total. The number of thioether (sulfide) groups is 1. The van der Waals surface area contributed by atoms with Crippen LogP contribution in [0.15, 0.2) is 52.9 Å². The molecule has 7 nitrogen and oxygen atoms in total. The summed E-state index contributed by atoms with van der Waals surface area (Å²) >= 11 is 2.60. The summed E-state index contributed by atoms with van der Waals surface area (Å²) in [4.78, 5) is 12.7. The standard InChI is InChI=1S/C19H18F2N4O3S3/c1-12(25(31(2,27)28)14-8-9-15(20)16(21)10-14)17(26)22-18-23-24-19(30-18)29-11-13-6-4-3-5-7-13/h3-10,12H,11H2,1-2H3,(H,22,23,26)/t12-/m0/s1. The number of carbonyl (C=O) groups excluding carboxylic acids is 1. The summed E-state index contributed by atoms with van der Waals surface area (Å²) in [5.41, 5.74) is 0.942. The molecular formula is C19H18F2N4O3S3. The second-order valence-electron chi connectivity index (χ2n) is 6.47. The fourth-order valence-electron chi connectivity index (χ4n) is 2.68. The molecule has 0 saturated heterocycles. The van der Waals surface area contributed by atoms with Gasteiger partial charge in [-0.3, -0.25) is 14.4 Å². The summed E-state index contributed by atoms with van der Waals surface area (Å²) in [7, 11) is -3.97. The van der Waals surface area contributed by atoms with Crippen molar-refractivity contribution in [2.75, 3.05) is 15.9 Å². The van der Waals surface area contributed by atoms with Crippen molar-refractivity contribution in [3.05, 3.63) is 65.7 Å². The third-order valence-corrected chi connectivity index (χ3v) is 7.37.